The van der Waals surface area contributed by atoms with E-state index in [1.165, 1.54) is 0 Å². The number of hydrogen-bond acceptors (Lipinski definition) is 3. The topological polar surface area (TPSA) is 69.7 Å². The van der Waals surface area contributed by atoms with Crippen molar-refractivity contribution >= 4 is 11.6 Å². The normalized spacial score (nSPS) is 11.5. The lowest BCUT2D eigenvalue weighted by Crippen LogP contribution is -2.32. The number of aromatic nitrogens is 1. The SMILES string of the molecule is CN=C(Nc1cccc(C)c(=O)[nH]ccc1C)N(/C=C(\C)OC)Cc1ccccc1. The van der Waals surface area contributed by atoms with Crippen LogP contribution in [0.3, 0.4) is 0 Å². The van der Waals surface area contributed by atoms with Crippen molar-refractivity contribution in [1.29, 1.82) is 0 Å². The standard InChI is InChI=1S/C24H30N4O2/c1-18-14-15-26-23(29)19(2)10-9-13-22(18)27-24(25-4)28(16-20(3)30-5)17-21-11-7-6-8-12-21/h6-16H,17H2,1-5H3,(H,25,27)(H,26,29)/b20-16+. The van der Waals surface area contributed by atoms with Gasteiger partial charge in [0, 0.05) is 30.7 Å². The number of nitrogens with zero attached hydrogens (tertiary/aromatic N) is 2. The van der Waals surface area contributed by atoms with Gasteiger partial charge < -0.3 is 19.9 Å². The van der Waals surface area contributed by atoms with Crippen LogP contribution in [0.25, 0.3) is 0 Å². The van der Waals surface area contributed by atoms with E-state index in [0.717, 1.165) is 22.6 Å². The molecule has 0 radical (unpaired) electrons. The van der Waals surface area contributed by atoms with Crippen LogP contribution in [-0.2, 0) is 11.3 Å². The molecular formula is C24H30N4O2. The Morgan fingerprint density at radius 1 is 1.10 bits per heavy atom. The zero-order valence-corrected chi connectivity index (χ0v) is 18.3. The van der Waals surface area contributed by atoms with Crippen LogP contribution in [0.2, 0.25) is 0 Å². The number of aryl methyl sites for hydroxylation is 2. The van der Waals surface area contributed by atoms with Gasteiger partial charge in [0.05, 0.1) is 13.7 Å². The number of hydrogen-bond donors (Lipinski definition) is 2. The number of aliphatic imine (C=N–C) groups is 1. The lowest BCUT2D eigenvalue weighted by atomic mass is 10.2. The van der Waals surface area contributed by atoms with Gasteiger partial charge in [-0.05, 0) is 44.0 Å². The molecule has 1 aromatic carbocycles. The van der Waals surface area contributed by atoms with E-state index in [-0.39, 0.29) is 5.56 Å². The summed E-state index contributed by atoms with van der Waals surface area (Å²) in [4.78, 5) is 21.1. The highest BCUT2D eigenvalue weighted by molar-refractivity contribution is 5.94. The third kappa shape index (κ3) is 6.81. The van der Waals surface area contributed by atoms with Crippen molar-refractivity contribution < 1.29 is 4.74 Å². The summed E-state index contributed by atoms with van der Waals surface area (Å²) in [7, 11) is 3.39. The Labute approximate surface area is 178 Å². The van der Waals surface area contributed by atoms with E-state index < -0.39 is 0 Å². The number of methoxy groups -OCH3 is 1. The van der Waals surface area contributed by atoms with Crippen LogP contribution in [0.1, 0.15) is 23.6 Å². The summed E-state index contributed by atoms with van der Waals surface area (Å²) in [5, 5.41) is 3.42. The molecule has 1 heterocycles. The Bertz CT molecular complexity index is 1010. The second kappa shape index (κ2) is 11.5. The third-order valence-electron chi connectivity index (χ3n) is 4.53. The average Bonchev–Trinajstić information content (AvgIpc) is 2.75. The number of allylic oxidation sites excluding steroid dienone is 1. The minimum Gasteiger partial charge on any atom is -0.500 e. The molecule has 0 saturated heterocycles. The Kier molecular flexibility index (Phi) is 8.69. The van der Waals surface area contributed by atoms with Crippen molar-refractivity contribution in [1.82, 2.24) is 9.88 Å². The number of guanidine groups is 1. The summed E-state index contributed by atoms with van der Waals surface area (Å²) in [5.41, 5.74) is 3.48. The highest BCUT2D eigenvalue weighted by atomic mass is 16.5. The second-order valence-corrected chi connectivity index (χ2v) is 6.84. The van der Waals surface area contributed by atoms with E-state index in [4.69, 9.17) is 4.74 Å². The molecule has 0 atom stereocenters. The number of aromatic amines is 1. The molecule has 2 rings (SSSR count). The molecule has 0 fully saturated rings. The zero-order valence-electron chi connectivity index (χ0n) is 18.3. The number of H-pyrrole nitrogens is 1. The van der Waals surface area contributed by atoms with Crippen molar-refractivity contribution in [2.75, 3.05) is 19.5 Å². The molecule has 0 amide bonds. The first-order valence-electron chi connectivity index (χ1n) is 9.74. The Morgan fingerprint density at radius 3 is 2.50 bits per heavy atom. The Morgan fingerprint density at radius 2 is 1.83 bits per heavy atom. The average molecular weight is 407 g/mol. The number of benzene rings is 1. The van der Waals surface area contributed by atoms with Crippen LogP contribution >= 0.6 is 0 Å². The van der Waals surface area contributed by atoms with Gasteiger partial charge in [-0.1, -0.05) is 42.5 Å². The molecule has 0 bridgehead atoms. The number of ether oxygens (including phenoxy) is 1. The first kappa shape index (κ1) is 22.7. The smallest absolute Gasteiger partial charge is 0.250 e. The summed E-state index contributed by atoms with van der Waals surface area (Å²) in [6, 6.07) is 17.6. The summed E-state index contributed by atoms with van der Waals surface area (Å²) in [6.45, 7) is 6.27. The lowest BCUT2D eigenvalue weighted by Gasteiger charge is -2.24. The molecule has 30 heavy (non-hydrogen) atoms. The van der Waals surface area contributed by atoms with E-state index in [9.17, 15) is 4.79 Å². The van der Waals surface area contributed by atoms with E-state index in [1.807, 2.05) is 61.3 Å². The summed E-state index contributed by atoms with van der Waals surface area (Å²) in [5.74, 6) is 1.44. The van der Waals surface area contributed by atoms with Crippen LogP contribution in [0.4, 0.5) is 5.69 Å². The van der Waals surface area contributed by atoms with Crippen molar-refractivity contribution in [2.45, 2.75) is 27.3 Å². The predicted octanol–water partition coefficient (Wildman–Crippen LogP) is 4.52. The predicted molar refractivity (Wildman–Crippen MR) is 124 cm³/mol. The van der Waals surface area contributed by atoms with E-state index in [2.05, 4.69) is 27.4 Å². The van der Waals surface area contributed by atoms with Crippen LogP contribution in [0.5, 0.6) is 0 Å². The lowest BCUT2D eigenvalue weighted by molar-refractivity contribution is 0.284. The zero-order chi connectivity index (χ0) is 21.9. The molecule has 0 spiro atoms. The molecule has 0 saturated carbocycles. The highest BCUT2D eigenvalue weighted by Gasteiger charge is 2.11. The van der Waals surface area contributed by atoms with Crippen LogP contribution in [-0.4, -0.2) is 30.0 Å². The number of nitrogens with one attached hydrogen (secondary N) is 2. The summed E-state index contributed by atoms with van der Waals surface area (Å²) in [6.07, 6.45) is 3.57. The van der Waals surface area contributed by atoms with Crippen molar-refractivity contribution in [3.05, 3.63) is 99.8 Å². The van der Waals surface area contributed by atoms with Crippen LogP contribution in [0, 0.1) is 13.8 Å². The van der Waals surface area contributed by atoms with Gasteiger partial charge in [-0.25, -0.2) is 0 Å². The fraction of sp³-hybridized carbons (Fsp3) is 0.250. The van der Waals surface area contributed by atoms with Gasteiger partial charge in [-0.2, -0.15) is 0 Å². The first-order chi connectivity index (χ1) is 14.4. The molecule has 1 aromatic heterocycles. The maximum Gasteiger partial charge on any atom is 0.250 e. The monoisotopic (exact) mass is 406 g/mol. The maximum absolute atomic E-state index is 11.9. The van der Waals surface area contributed by atoms with Crippen molar-refractivity contribution in [3.63, 3.8) is 0 Å². The van der Waals surface area contributed by atoms with Gasteiger partial charge >= 0.3 is 0 Å². The fourth-order valence-electron chi connectivity index (χ4n) is 2.69. The van der Waals surface area contributed by atoms with Gasteiger partial charge in [0.25, 0.3) is 5.56 Å². The van der Waals surface area contributed by atoms with Gasteiger partial charge in [-0.15, -0.1) is 0 Å². The van der Waals surface area contributed by atoms with Gasteiger partial charge in [0.15, 0.2) is 0 Å². The minimum atomic E-state index is -0.120. The van der Waals surface area contributed by atoms with Gasteiger partial charge in [-0.3, -0.25) is 9.79 Å². The molecular weight excluding hydrogens is 376 g/mol. The molecule has 0 unspecified atom stereocenters. The summed E-state index contributed by atoms with van der Waals surface area (Å²) >= 11 is 0. The fourth-order valence-corrected chi connectivity index (χ4v) is 2.69. The largest absolute Gasteiger partial charge is 0.500 e. The minimum absolute atomic E-state index is 0.120. The first-order valence-corrected chi connectivity index (χ1v) is 9.74. The Hall–Kier alpha value is -3.54. The van der Waals surface area contributed by atoms with E-state index in [0.29, 0.717) is 18.1 Å². The molecule has 2 N–H and O–H groups in total. The van der Waals surface area contributed by atoms with Crippen molar-refractivity contribution in [3.8, 4) is 0 Å². The molecule has 6 nitrogen and oxygen atoms in total. The van der Waals surface area contributed by atoms with Crippen LogP contribution in [0.15, 0.2) is 82.5 Å². The van der Waals surface area contributed by atoms with Crippen molar-refractivity contribution in [2.24, 2.45) is 4.99 Å². The molecule has 0 aliphatic rings. The Balaban J connectivity index is 2.45. The molecule has 158 valence electrons. The van der Waals surface area contributed by atoms with E-state index >= 15 is 0 Å². The molecule has 0 aliphatic carbocycles. The maximum atomic E-state index is 11.9. The highest BCUT2D eigenvalue weighted by Crippen LogP contribution is 2.14. The second-order valence-electron chi connectivity index (χ2n) is 6.84. The van der Waals surface area contributed by atoms with Gasteiger partial charge in [0.1, 0.15) is 5.76 Å². The van der Waals surface area contributed by atoms with Gasteiger partial charge in [0.2, 0.25) is 5.96 Å². The quantitative estimate of drug-likeness (QED) is 0.435. The third-order valence-corrected chi connectivity index (χ3v) is 4.53. The summed E-state index contributed by atoms with van der Waals surface area (Å²) < 4.78 is 5.36. The van der Waals surface area contributed by atoms with E-state index in [1.54, 1.807) is 33.3 Å². The van der Waals surface area contributed by atoms with Crippen LogP contribution < -0.4 is 10.9 Å². The molecule has 2 aromatic rings. The molecule has 6 heteroatoms. The number of anilines is 1. The number of rotatable bonds is 5. The molecule has 0 aliphatic heterocycles.